The molecule has 0 saturated carbocycles. The fourth-order valence-corrected chi connectivity index (χ4v) is 3.03. The number of rotatable bonds is 7. The highest BCUT2D eigenvalue weighted by atomic mass is 19.2. The second kappa shape index (κ2) is 8.92. The monoisotopic (exact) mass is 441 g/mol. The van der Waals surface area contributed by atoms with E-state index >= 15 is 0 Å². The molecule has 0 unspecified atom stereocenters. The van der Waals surface area contributed by atoms with Crippen molar-refractivity contribution in [1.82, 2.24) is 25.1 Å². The van der Waals surface area contributed by atoms with Crippen LogP contribution in [0.5, 0.6) is 0 Å². The van der Waals surface area contributed by atoms with Crippen molar-refractivity contribution >= 4 is 40.0 Å². The van der Waals surface area contributed by atoms with Crippen molar-refractivity contribution in [2.45, 2.75) is 13.0 Å². The first-order chi connectivity index (χ1) is 15.4. The maximum absolute atomic E-state index is 14.1. The van der Waals surface area contributed by atoms with Gasteiger partial charge in [0.25, 0.3) is 0 Å². The van der Waals surface area contributed by atoms with Gasteiger partial charge in [-0.3, -0.25) is 9.48 Å². The summed E-state index contributed by atoms with van der Waals surface area (Å²) in [5.41, 5.74) is 1.62. The second-order valence-corrected chi connectivity index (χ2v) is 6.83. The lowest BCUT2D eigenvalue weighted by molar-refractivity contribution is -0.120. The Kier molecular flexibility index (Phi) is 5.88. The van der Waals surface area contributed by atoms with Crippen LogP contribution in [0.4, 0.5) is 36.3 Å². The van der Waals surface area contributed by atoms with Gasteiger partial charge in [-0.15, -0.1) is 0 Å². The maximum Gasteiger partial charge on any atom is 0.229 e. The Morgan fingerprint density at radius 2 is 1.75 bits per heavy atom. The Bertz CT molecular complexity index is 1290. The van der Waals surface area contributed by atoms with E-state index in [4.69, 9.17) is 0 Å². The van der Waals surface area contributed by atoms with Gasteiger partial charge >= 0.3 is 0 Å². The topological polar surface area (TPSA) is 96.8 Å². The normalized spacial score (nSPS) is 10.9. The van der Waals surface area contributed by atoms with Crippen molar-refractivity contribution in [3.05, 3.63) is 66.2 Å². The van der Waals surface area contributed by atoms with Gasteiger partial charge in [-0.1, -0.05) is 0 Å². The van der Waals surface area contributed by atoms with E-state index in [9.17, 15) is 18.0 Å². The number of aromatic nitrogens is 4. The average molecular weight is 441 g/mol. The summed E-state index contributed by atoms with van der Waals surface area (Å²) in [6, 6.07) is 8.52. The zero-order chi connectivity index (χ0) is 22.7. The van der Waals surface area contributed by atoms with Crippen molar-refractivity contribution in [2.75, 3.05) is 17.7 Å². The number of benzene rings is 2. The standard InChI is InChI=1S/C21H18F3N7O/c1-25-19(32)6-7-31-18-5-3-13(8-12(18)10-27-31)29-21-26-11-17(24)20(30-21)28-14-2-4-15(22)16(23)9-14/h2-5,8-11H,6-7H2,1H3,(H,25,32)(H2,26,28,29,30). The summed E-state index contributed by atoms with van der Waals surface area (Å²) < 4.78 is 42.3. The van der Waals surface area contributed by atoms with Crippen molar-refractivity contribution in [1.29, 1.82) is 0 Å². The molecule has 0 saturated heterocycles. The van der Waals surface area contributed by atoms with E-state index in [1.807, 2.05) is 12.1 Å². The van der Waals surface area contributed by atoms with Gasteiger partial charge in [0.15, 0.2) is 23.3 Å². The molecule has 164 valence electrons. The number of halogens is 3. The van der Waals surface area contributed by atoms with Crippen molar-refractivity contribution < 1.29 is 18.0 Å². The van der Waals surface area contributed by atoms with Gasteiger partial charge in [0.2, 0.25) is 11.9 Å². The van der Waals surface area contributed by atoms with Crippen molar-refractivity contribution in [3.8, 4) is 0 Å². The number of fused-ring (bicyclic) bond motifs is 1. The van der Waals surface area contributed by atoms with E-state index in [2.05, 4.69) is 31.0 Å². The third kappa shape index (κ3) is 4.61. The molecule has 11 heteroatoms. The number of nitrogens with zero attached hydrogens (tertiary/aromatic N) is 4. The van der Waals surface area contributed by atoms with E-state index in [-0.39, 0.29) is 23.4 Å². The number of nitrogens with one attached hydrogen (secondary N) is 3. The third-order valence-corrected chi connectivity index (χ3v) is 4.65. The Balaban J connectivity index is 1.51. The zero-order valence-electron chi connectivity index (χ0n) is 16.9. The third-order valence-electron chi connectivity index (χ3n) is 4.65. The molecular weight excluding hydrogens is 423 g/mol. The Labute approximate surface area is 180 Å². The molecule has 2 aromatic carbocycles. The zero-order valence-corrected chi connectivity index (χ0v) is 16.9. The molecule has 0 spiro atoms. The van der Waals surface area contributed by atoms with Crippen LogP contribution in [0.3, 0.4) is 0 Å². The molecular formula is C21H18F3N7O. The SMILES string of the molecule is CNC(=O)CCn1ncc2cc(Nc3ncc(F)c(Nc4ccc(F)c(F)c4)n3)ccc21. The summed E-state index contributed by atoms with van der Waals surface area (Å²) >= 11 is 0. The van der Waals surface area contributed by atoms with E-state index in [0.717, 1.165) is 29.2 Å². The van der Waals surface area contributed by atoms with Crippen molar-refractivity contribution in [2.24, 2.45) is 0 Å². The van der Waals surface area contributed by atoms with E-state index in [1.165, 1.54) is 6.07 Å². The molecule has 0 atom stereocenters. The number of hydrogen-bond acceptors (Lipinski definition) is 6. The highest BCUT2D eigenvalue weighted by Crippen LogP contribution is 2.24. The van der Waals surface area contributed by atoms with Crippen LogP contribution in [-0.2, 0) is 11.3 Å². The van der Waals surface area contributed by atoms with E-state index in [1.54, 1.807) is 24.0 Å². The Hall–Kier alpha value is -4.15. The van der Waals surface area contributed by atoms with E-state index < -0.39 is 17.5 Å². The molecule has 2 heterocycles. The molecule has 3 N–H and O–H groups in total. The number of hydrogen-bond donors (Lipinski definition) is 3. The highest BCUT2D eigenvalue weighted by molar-refractivity contribution is 5.83. The van der Waals surface area contributed by atoms with Crippen LogP contribution >= 0.6 is 0 Å². The molecule has 0 radical (unpaired) electrons. The quantitative estimate of drug-likeness (QED) is 0.403. The van der Waals surface area contributed by atoms with Gasteiger partial charge in [0, 0.05) is 36.3 Å². The first-order valence-electron chi connectivity index (χ1n) is 9.61. The lowest BCUT2D eigenvalue weighted by Crippen LogP contribution is -2.19. The summed E-state index contributed by atoms with van der Waals surface area (Å²) in [7, 11) is 1.58. The van der Waals surface area contributed by atoms with Gasteiger partial charge in [-0.05, 0) is 30.3 Å². The molecule has 4 aromatic rings. The predicted octanol–water partition coefficient (Wildman–Crippen LogP) is 3.87. The molecule has 4 rings (SSSR count). The molecule has 0 aliphatic rings. The minimum absolute atomic E-state index is 0.0758. The molecule has 8 nitrogen and oxygen atoms in total. The molecule has 1 amide bonds. The van der Waals surface area contributed by atoms with Gasteiger partial charge in [-0.2, -0.15) is 10.1 Å². The predicted molar refractivity (Wildman–Crippen MR) is 113 cm³/mol. The molecule has 2 aromatic heterocycles. The number of anilines is 4. The summed E-state index contributed by atoms with van der Waals surface area (Å²) in [5.74, 6) is -3.00. The van der Waals surface area contributed by atoms with Crippen LogP contribution in [0, 0.1) is 17.5 Å². The number of aryl methyl sites for hydroxylation is 1. The van der Waals surface area contributed by atoms with Gasteiger partial charge < -0.3 is 16.0 Å². The fourth-order valence-electron chi connectivity index (χ4n) is 3.03. The van der Waals surface area contributed by atoms with Crippen LogP contribution in [0.1, 0.15) is 6.42 Å². The van der Waals surface area contributed by atoms with Crippen LogP contribution in [0.25, 0.3) is 10.9 Å². The molecule has 0 bridgehead atoms. The number of carbonyl (C=O) groups is 1. The van der Waals surface area contributed by atoms with Crippen LogP contribution in [0.15, 0.2) is 48.8 Å². The number of amides is 1. The Morgan fingerprint density at radius 1 is 0.969 bits per heavy atom. The first-order valence-corrected chi connectivity index (χ1v) is 9.61. The average Bonchev–Trinajstić information content (AvgIpc) is 3.19. The van der Waals surface area contributed by atoms with Crippen molar-refractivity contribution in [3.63, 3.8) is 0 Å². The first kappa shape index (κ1) is 21.1. The number of carbonyl (C=O) groups excluding carboxylic acids is 1. The van der Waals surface area contributed by atoms with Crippen LogP contribution in [0.2, 0.25) is 0 Å². The summed E-state index contributed by atoms with van der Waals surface area (Å²) in [5, 5.41) is 13.3. The lowest BCUT2D eigenvalue weighted by Gasteiger charge is -2.10. The largest absolute Gasteiger partial charge is 0.359 e. The van der Waals surface area contributed by atoms with E-state index in [0.29, 0.717) is 18.7 Å². The van der Waals surface area contributed by atoms with Gasteiger partial charge in [-0.25, -0.2) is 18.2 Å². The molecule has 32 heavy (non-hydrogen) atoms. The second-order valence-electron chi connectivity index (χ2n) is 6.83. The van der Waals surface area contributed by atoms with Crippen LogP contribution < -0.4 is 16.0 Å². The summed E-state index contributed by atoms with van der Waals surface area (Å²) in [6.45, 7) is 0.441. The maximum atomic E-state index is 14.1. The highest BCUT2D eigenvalue weighted by Gasteiger charge is 2.11. The summed E-state index contributed by atoms with van der Waals surface area (Å²) in [6.07, 6.45) is 2.95. The lowest BCUT2D eigenvalue weighted by atomic mass is 10.2. The van der Waals surface area contributed by atoms with Gasteiger partial charge in [0.1, 0.15) is 0 Å². The summed E-state index contributed by atoms with van der Waals surface area (Å²) in [4.78, 5) is 19.4. The minimum atomic E-state index is -1.06. The van der Waals surface area contributed by atoms with Gasteiger partial charge in [0.05, 0.1) is 24.5 Å². The molecule has 0 fully saturated rings. The van der Waals surface area contributed by atoms with Crippen LogP contribution in [-0.4, -0.2) is 32.7 Å². The smallest absolute Gasteiger partial charge is 0.229 e. The molecule has 0 aliphatic heterocycles. The fraction of sp³-hybridized carbons (Fsp3) is 0.143. The Morgan fingerprint density at radius 3 is 2.53 bits per heavy atom. The minimum Gasteiger partial charge on any atom is -0.359 e. The molecule has 0 aliphatic carbocycles.